The van der Waals surface area contributed by atoms with Crippen molar-refractivity contribution in [3.8, 4) is 0 Å². The molecule has 5 heteroatoms. The number of aryl methyl sites for hydroxylation is 1. The molecule has 0 bridgehead atoms. The Morgan fingerprint density at radius 1 is 0.963 bits per heavy atom. The van der Waals surface area contributed by atoms with Crippen LogP contribution in [0.5, 0.6) is 0 Å². The summed E-state index contributed by atoms with van der Waals surface area (Å²) in [5.74, 6) is 0.942. The van der Waals surface area contributed by atoms with Crippen molar-refractivity contribution < 1.29 is 4.39 Å². The van der Waals surface area contributed by atoms with Crippen LogP contribution in [0.25, 0.3) is 0 Å². The van der Waals surface area contributed by atoms with Gasteiger partial charge in [-0.3, -0.25) is 0 Å². The van der Waals surface area contributed by atoms with Crippen molar-refractivity contribution in [1.29, 1.82) is 0 Å². The van der Waals surface area contributed by atoms with Crippen LogP contribution < -0.4 is 10.6 Å². The van der Waals surface area contributed by atoms with E-state index in [0.29, 0.717) is 23.9 Å². The van der Waals surface area contributed by atoms with Gasteiger partial charge < -0.3 is 10.6 Å². The molecule has 0 aliphatic carbocycles. The molecule has 0 atom stereocenters. The molecule has 0 spiro atoms. The minimum atomic E-state index is -0.228. The smallest absolute Gasteiger partial charge is 0.229 e. The molecule has 0 fully saturated rings. The second kappa shape index (κ2) is 7.74. The van der Waals surface area contributed by atoms with Gasteiger partial charge in [0, 0.05) is 29.6 Å². The summed E-state index contributed by atoms with van der Waals surface area (Å²) in [4.78, 5) is 9.03. The van der Waals surface area contributed by atoms with Gasteiger partial charge in [0.25, 0.3) is 0 Å². The molecule has 3 rings (SSSR count). The number of hydrogen-bond acceptors (Lipinski definition) is 4. The highest BCUT2D eigenvalue weighted by Gasteiger charge is 2.18. The second-order valence-corrected chi connectivity index (χ2v) is 7.58. The van der Waals surface area contributed by atoms with Crippen molar-refractivity contribution in [1.82, 2.24) is 9.97 Å². The molecule has 1 aromatic heterocycles. The van der Waals surface area contributed by atoms with Gasteiger partial charge in [-0.15, -0.1) is 0 Å². The minimum absolute atomic E-state index is 0.000660. The fraction of sp³-hybridized carbons (Fsp3) is 0.273. The number of para-hydroxylation sites is 1. The van der Waals surface area contributed by atoms with E-state index in [1.807, 2.05) is 37.3 Å². The topological polar surface area (TPSA) is 49.8 Å². The van der Waals surface area contributed by atoms with Gasteiger partial charge in [0.1, 0.15) is 11.6 Å². The molecule has 1 heterocycles. The van der Waals surface area contributed by atoms with Gasteiger partial charge in [0.05, 0.1) is 0 Å². The van der Waals surface area contributed by atoms with E-state index in [4.69, 9.17) is 0 Å². The van der Waals surface area contributed by atoms with E-state index in [1.165, 1.54) is 11.6 Å². The standard InChI is InChI=1S/C22H25FN4/c1-15-13-20(24-14-16-9-5-7-11-18(16)23)27-21(25-15)26-19-12-8-6-10-17(19)22(2,3)4/h5-13H,14H2,1-4H3,(H2,24,25,26,27). The number of rotatable bonds is 5. The third-order valence-corrected chi connectivity index (χ3v) is 4.25. The molecule has 27 heavy (non-hydrogen) atoms. The van der Waals surface area contributed by atoms with Crippen molar-refractivity contribution >= 4 is 17.5 Å². The van der Waals surface area contributed by atoms with Crippen LogP contribution >= 0.6 is 0 Å². The first kappa shape index (κ1) is 18.8. The van der Waals surface area contributed by atoms with E-state index in [-0.39, 0.29) is 11.2 Å². The first-order valence-corrected chi connectivity index (χ1v) is 9.02. The van der Waals surface area contributed by atoms with Gasteiger partial charge in [-0.2, -0.15) is 4.98 Å². The van der Waals surface area contributed by atoms with Gasteiger partial charge in [0.2, 0.25) is 5.95 Å². The van der Waals surface area contributed by atoms with Gasteiger partial charge in [-0.1, -0.05) is 57.2 Å². The molecule has 0 unspecified atom stereocenters. The van der Waals surface area contributed by atoms with Crippen LogP contribution in [0.3, 0.4) is 0 Å². The van der Waals surface area contributed by atoms with Crippen LogP contribution in [0, 0.1) is 12.7 Å². The third-order valence-electron chi connectivity index (χ3n) is 4.25. The second-order valence-electron chi connectivity index (χ2n) is 7.58. The van der Waals surface area contributed by atoms with E-state index >= 15 is 0 Å². The highest BCUT2D eigenvalue weighted by molar-refractivity contribution is 5.61. The zero-order valence-corrected chi connectivity index (χ0v) is 16.2. The average Bonchev–Trinajstić information content (AvgIpc) is 2.60. The van der Waals surface area contributed by atoms with E-state index in [9.17, 15) is 4.39 Å². The summed E-state index contributed by atoms with van der Waals surface area (Å²) in [5.41, 5.74) is 3.60. The van der Waals surface area contributed by atoms with Crippen molar-refractivity contribution in [3.05, 3.63) is 77.2 Å². The van der Waals surface area contributed by atoms with Gasteiger partial charge >= 0.3 is 0 Å². The largest absolute Gasteiger partial charge is 0.366 e. The van der Waals surface area contributed by atoms with Crippen molar-refractivity contribution in [3.63, 3.8) is 0 Å². The summed E-state index contributed by atoms with van der Waals surface area (Å²) >= 11 is 0. The maximum absolute atomic E-state index is 13.8. The molecule has 2 N–H and O–H groups in total. The number of nitrogens with zero attached hydrogens (tertiary/aromatic N) is 2. The minimum Gasteiger partial charge on any atom is -0.366 e. The molecule has 0 saturated carbocycles. The summed E-state index contributed by atoms with van der Waals surface area (Å²) in [6, 6.07) is 16.7. The molecule has 0 amide bonds. The predicted molar refractivity (Wildman–Crippen MR) is 109 cm³/mol. The monoisotopic (exact) mass is 364 g/mol. The number of nitrogens with one attached hydrogen (secondary N) is 2. The predicted octanol–water partition coefficient (Wildman–Crippen LogP) is 5.58. The van der Waals surface area contributed by atoms with Crippen LogP contribution in [0.15, 0.2) is 54.6 Å². The lowest BCUT2D eigenvalue weighted by Gasteiger charge is -2.23. The Labute approximate surface area is 159 Å². The quantitative estimate of drug-likeness (QED) is 0.621. The fourth-order valence-electron chi connectivity index (χ4n) is 2.91. The van der Waals surface area contributed by atoms with Crippen LogP contribution in [0.4, 0.5) is 21.8 Å². The average molecular weight is 364 g/mol. The molecule has 0 aliphatic heterocycles. The molecule has 140 valence electrons. The SMILES string of the molecule is Cc1cc(NCc2ccccc2F)nc(Nc2ccccc2C(C)(C)C)n1. The Bertz CT molecular complexity index is 932. The van der Waals surface area contributed by atoms with Crippen LogP contribution in [-0.4, -0.2) is 9.97 Å². The normalized spacial score (nSPS) is 11.3. The number of aromatic nitrogens is 2. The summed E-state index contributed by atoms with van der Waals surface area (Å²) in [5, 5.41) is 6.52. The molecular formula is C22H25FN4. The molecule has 0 radical (unpaired) electrons. The maximum Gasteiger partial charge on any atom is 0.229 e. The highest BCUT2D eigenvalue weighted by atomic mass is 19.1. The summed E-state index contributed by atoms with van der Waals surface area (Å²) in [6.07, 6.45) is 0. The molecule has 0 saturated heterocycles. The Hall–Kier alpha value is -2.95. The zero-order valence-electron chi connectivity index (χ0n) is 16.2. The lowest BCUT2D eigenvalue weighted by molar-refractivity contribution is 0.592. The van der Waals surface area contributed by atoms with Crippen LogP contribution in [0.1, 0.15) is 37.6 Å². The van der Waals surface area contributed by atoms with E-state index < -0.39 is 0 Å². The summed E-state index contributed by atoms with van der Waals surface area (Å²) in [6.45, 7) is 8.79. The summed E-state index contributed by atoms with van der Waals surface area (Å²) in [7, 11) is 0. The highest BCUT2D eigenvalue weighted by Crippen LogP contribution is 2.30. The first-order valence-electron chi connectivity index (χ1n) is 9.02. The Kier molecular flexibility index (Phi) is 5.40. The van der Waals surface area contributed by atoms with Crippen molar-refractivity contribution in [2.75, 3.05) is 10.6 Å². The number of hydrogen-bond donors (Lipinski definition) is 2. The number of halogens is 1. The van der Waals surface area contributed by atoms with Crippen molar-refractivity contribution in [2.24, 2.45) is 0 Å². The third kappa shape index (κ3) is 4.82. The van der Waals surface area contributed by atoms with Crippen LogP contribution in [-0.2, 0) is 12.0 Å². The number of benzene rings is 2. The zero-order chi connectivity index (χ0) is 19.4. The maximum atomic E-state index is 13.8. The Morgan fingerprint density at radius 3 is 2.41 bits per heavy atom. The lowest BCUT2D eigenvalue weighted by Crippen LogP contribution is -2.14. The Morgan fingerprint density at radius 2 is 1.67 bits per heavy atom. The Balaban J connectivity index is 1.81. The summed E-state index contributed by atoms with van der Waals surface area (Å²) < 4.78 is 13.8. The van der Waals surface area contributed by atoms with E-state index in [2.05, 4.69) is 47.4 Å². The van der Waals surface area contributed by atoms with Gasteiger partial charge in [0.15, 0.2) is 0 Å². The molecule has 0 aliphatic rings. The van der Waals surface area contributed by atoms with E-state index in [1.54, 1.807) is 12.1 Å². The molecule has 2 aromatic carbocycles. The van der Waals surface area contributed by atoms with E-state index in [0.717, 1.165) is 11.4 Å². The van der Waals surface area contributed by atoms with Crippen LogP contribution in [0.2, 0.25) is 0 Å². The lowest BCUT2D eigenvalue weighted by atomic mass is 9.86. The van der Waals surface area contributed by atoms with Gasteiger partial charge in [-0.25, -0.2) is 9.37 Å². The first-order chi connectivity index (χ1) is 12.8. The van der Waals surface area contributed by atoms with Gasteiger partial charge in [-0.05, 0) is 30.0 Å². The number of anilines is 3. The molecule has 3 aromatic rings. The fourth-order valence-corrected chi connectivity index (χ4v) is 2.91. The molecule has 4 nitrogen and oxygen atoms in total. The molecular weight excluding hydrogens is 339 g/mol. The van der Waals surface area contributed by atoms with Crippen molar-refractivity contribution in [2.45, 2.75) is 39.7 Å².